The summed E-state index contributed by atoms with van der Waals surface area (Å²) in [6.07, 6.45) is 2.72. The second kappa shape index (κ2) is 8.59. The van der Waals surface area contributed by atoms with Crippen LogP contribution in [0.1, 0.15) is 41.5 Å². The number of aryl methyl sites for hydroxylation is 1. The van der Waals surface area contributed by atoms with Crippen LogP contribution < -0.4 is 5.56 Å². The van der Waals surface area contributed by atoms with E-state index in [-0.39, 0.29) is 11.1 Å². The van der Waals surface area contributed by atoms with Gasteiger partial charge in [0.15, 0.2) is 5.52 Å². The summed E-state index contributed by atoms with van der Waals surface area (Å²) in [6, 6.07) is 14.6. The summed E-state index contributed by atoms with van der Waals surface area (Å²) in [5, 5.41) is 11.2. The number of unbranched alkanes of at least 4 members (excludes halogenated alkanes) is 1. The van der Waals surface area contributed by atoms with Crippen molar-refractivity contribution in [3.63, 3.8) is 0 Å². The number of aromatic carboxylic acids is 1. The molecule has 0 bridgehead atoms. The van der Waals surface area contributed by atoms with Crippen LogP contribution in [-0.4, -0.2) is 25.0 Å². The Morgan fingerprint density at radius 3 is 2.63 bits per heavy atom. The van der Waals surface area contributed by atoms with Gasteiger partial charge < -0.3 is 5.11 Å². The number of hydrogen-bond donors (Lipinski definition) is 1. The van der Waals surface area contributed by atoms with Crippen molar-refractivity contribution in [2.75, 3.05) is 0 Å². The summed E-state index contributed by atoms with van der Waals surface area (Å²) >= 11 is 1.24. The highest BCUT2D eigenvalue weighted by Crippen LogP contribution is 2.24. The fourth-order valence-corrected chi connectivity index (χ4v) is 4.08. The van der Waals surface area contributed by atoms with Gasteiger partial charge in [-0.2, -0.15) is 4.37 Å². The van der Waals surface area contributed by atoms with Crippen LogP contribution in [0, 0.1) is 0 Å². The van der Waals surface area contributed by atoms with E-state index in [4.69, 9.17) is 0 Å². The second-order valence-corrected chi connectivity index (χ2v) is 7.75. The van der Waals surface area contributed by atoms with Crippen molar-refractivity contribution < 1.29 is 9.90 Å². The van der Waals surface area contributed by atoms with E-state index in [0.717, 1.165) is 36.2 Å². The number of hydrogen-bond acceptors (Lipinski definition) is 5. The summed E-state index contributed by atoms with van der Waals surface area (Å²) in [7, 11) is 0. The Kier molecular flexibility index (Phi) is 5.72. The SMILES string of the molecule is CCCCc1nc2csnc2c(=O)n1Cc1ccc(-c2ccccc2C(=O)O)cc1. The van der Waals surface area contributed by atoms with Crippen LogP contribution in [-0.2, 0) is 13.0 Å². The summed E-state index contributed by atoms with van der Waals surface area (Å²) in [6.45, 7) is 2.51. The highest BCUT2D eigenvalue weighted by molar-refractivity contribution is 7.04. The molecule has 4 aromatic rings. The van der Waals surface area contributed by atoms with E-state index in [0.29, 0.717) is 23.1 Å². The minimum Gasteiger partial charge on any atom is -0.478 e. The number of carboxylic acid groups (broad SMARTS) is 1. The molecule has 2 aromatic carbocycles. The Morgan fingerprint density at radius 2 is 1.90 bits per heavy atom. The van der Waals surface area contributed by atoms with E-state index in [1.54, 1.807) is 22.8 Å². The summed E-state index contributed by atoms with van der Waals surface area (Å²) in [4.78, 5) is 29.2. The van der Waals surface area contributed by atoms with Gasteiger partial charge >= 0.3 is 5.97 Å². The first kappa shape index (κ1) is 20.0. The van der Waals surface area contributed by atoms with Gasteiger partial charge in [0.2, 0.25) is 0 Å². The number of rotatable bonds is 7. The number of carboxylic acids is 1. The first-order valence-electron chi connectivity index (χ1n) is 9.84. The number of nitrogens with zero attached hydrogens (tertiary/aromatic N) is 3. The maximum Gasteiger partial charge on any atom is 0.336 e. The molecule has 2 heterocycles. The molecule has 30 heavy (non-hydrogen) atoms. The van der Waals surface area contributed by atoms with Gasteiger partial charge in [0.25, 0.3) is 5.56 Å². The van der Waals surface area contributed by atoms with Crippen molar-refractivity contribution >= 4 is 28.5 Å². The molecule has 0 aliphatic rings. The van der Waals surface area contributed by atoms with E-state index < -0.39 is 5.97 Å². The van der Waals surface area contributed by atoms with Gasteiger partial charge in [0, 0.05) is 11.8 Å². The van der Waals surface area contributed by atoms with Crippen LogP contribution in [0.2, 0.25) is 0 Å². The Labute approximate surface area is 177 Å². The minimum atomic E-state index is -0.954. The fourth-order valence-electron chi connectivity index (χ4n) is 3.49. The van der Waals surface area contributed by atoms with Gasteiger partial charge in [0.1, 0.15) is 11.3 Å². The largest absolute Gasteiger partial charge is 0.478 e. The zero-order chi connectivity index (χ0) is 21.1. The number of fused-ring (bicyclic) bond motifs is 1. The molecule has 2 aromatic heterocycles. The molecule has 0 saturated carbocycles. The monoisotopic (exact) mass is 419 g/mol. The minimum absolute atomic E-state index is 0.118. The highest BCUT2D eigenvalue weighted by atomic mass is 32.1. The normalized spacial score (nSPS) is 11.1. The smallest absolute Gasteiger partial charge is 0.336 e. The molecule has 0 fully saturated rings. The third kappa shape index (κ3) is 3.89. The molecule has 0 aliphatic heterocycles. The molecule has 7 heteroatoms. The maximum atomic E-state index is 13.0. The van der Waals surface area contributed by atoms with Crippen LogP contribution in [0.3, 0.4) is 0 Å². The number of carbonyl (C=O) groups is 1. The summed E-state index contributed by atoms with van der Waals surface area (Å²) < 4.78 is 5.92. The third-order valence-electron chi connectivity index (χ3n) is 5.08. The van der Waals surface area contributed by atoms with E-state index >= 15 is 0 Å². The molecule has 1 N–H and O–H groups in total. The second-order valence-electron chi connectivity index (χ2n) is 7.12. The van der Waals surface area contributed by atoms with E-state index in [2.05, 4.69) is 16.3 Å². The molecule has 0 spiro atoms. The van der Waals surface area contributed by atoms with E-state index in [9.17, 15) is 14.7 Å². The Bertz CT molecular complexity index is 1260. The summed E-state index contributed by atoms with van der Waals surface area (Å²) in [5.41, 5.74) is 3.66. The van der Waals surface area contributed by atoms with Gasteiger partial charge in [-0.15, -0.1) is 0 Å². The van der Waals surface area contributed by atoms with Crippen molar-refractivity contribution in [3.8, 4) is 11.1 Å². The molecule has 152 valence electrons. The van der Waals surface area contributed by atoms with Crippen LogP contribution in [0.15, 0.2) is 58.7 Å². The van der Waals surface area contributed by atoms with Crippen molar-refractivity contribution in [2.45, 2.75) is 32.7 Å². The zero-order valence-electron chi connectivity index (χ0n) is 16.5. The quantitative estimate of drug-likeness (QED) is 0.473. The molecule has 4 rings (SSSR count). The topological polar surface area (TPSA) is 85.1 Å². The maximum absolute atomic E-state index is 13.0. The van der Waals surface area contributed by atoms with Gasteiger partial charge in [0.05, 0.1) is 12.1 Å². The number of benzene rings is 2. The molecule has 0 atom stereocenters. The lowest BCUT2D eigenvalue weighted by molar-refractivity contribution is 0.0697. The van der Waals surface area contributed by atoms with Gasteiger partial charge in [-0.1, -0.05) is 55.8 Å². The standard InChI is InChI=1S/C23H21N3O3S/c1-2-3-8-20-24-19-14-30-25-21(19)22(27)26(20)13-15-9-11-16(12-10-15)17-6-4-5-7-18(17)23(28)29/h4-7,9-12,14H,2-3,8,13H2,1H3,(H,28,29). The lowest BCUT2D eigenvalue weighted by Gasteiger charge is -2.13. The molecule has 0 radical (unpaired) electrons. The summed E-state index contributed by atoms with van der Waals surface area (Å²) in [5.74, 6) is -0.181. The molecule has 6 nitrogen and oxygen atoms in total. The fraction of sp³-hybridized carbons (Fsp3) is 0.217. The van der Waals surface area contributed by atoms with Crippen LogP contribution >= 0.6 is 11.5 Å². The van der Waals surface area contributed by atoms with Gasteiger partial charge in [-0.25, -0.2) is 9.78 Å². The highest BCUT2D eigenvalue weighted by Gasteiger charge is 2.14. The van der Waals surface area contributed by atoms with Crippen LogP contribution in [0.5, 0.6) is 0 Å². The molecule has 0 unspecified atom stereocenters. The van der Waals surface area contributed by atoms with Crippen molar-refractivity contribution in [1.29, 1.82) is 0 Å². The Balaban J connectivity index is 1.69. The van der Waals surface area contributed by atoms with Gasteiger partial charge in [-0.3, -0.25) is 9.36 Å². The molecule has 0 aliphatic carbocycles. The van der Waals surface area contributed by atoms with E-state index in [1.807, 2.05) is 35.7 Å². The zero-order valence-corrected chi connectivity index (χ0v) is 17.4. The first-order chi connectivity index (χ1) is 14.6. The van der Waals surface area contributed by atoms with Crippen LogP contribution in [0.4, 0.5) is 0 Å². The average molecular weight is 420 g/mol. The van der Waals surface area contributed by atoms with Gasteiger partial charge in [-0.05, 0) is 40.7 Å². The van der Waals surface area contributed by atoms with Crippen molar-refractivity contribution in [1.82, 2.24) is 13.9 Å². The predicted octanol–water partition coefficient (Wildman–Crippen LogP) is 4.61. The van der Waals surface area contributed by atoms with Crippen molar-refractivity contribution in [2.24, 2.45) is 0 Å². The first-order valence-corrected chi connectivity index (χ1v) is 10.7. The Morgan fingerprint density at radius 1 is 1.13 bits per heavy atom. The lowest BCUT2D eigenvalue weighted by atomic mass is 9.99. The Hall–Kier alpha value is -3.32. The average Bonchev–Trinajstić information content (AvgIpc) is 3.24. The molecule has 0 amide bonds. The molecular formula is C23H21N3O3S. The lowest BCUT2D eigenvalue weighted by Crippen LogP contribution is -2.26. The number of aromatic nitrogens is 3. The van der Waals surface area contributed by atoms with Crippen molar-refractivity contribution in [3.05, 3.63) is 81.2 Å². The third-order valence-corrected chi connectivity index (χ3v) is 5.69. The molecule has 0 saturated heterocycles. The van der Waals surface area contributed by atoms with E-state index in [1.165, 1.54) is 11.5 Å². The predicted molar refractivity (Wildman–Crippen MR) is 118 cm³/mol. The molecular weight excluding hydrogens is 398 g/mol. The van der Waals surface area contributed by atoms with Crippen LogP contribution in [0.25, 0.3) is 22.2 Å².